The largest absolute Gasteiger partial charge is 0.382 e. The van der Waals surface area contributed by atoms with Crippen molar-refractivity contribution in [1.29, 1.82) is 0 Å². The lowest BCUT2D eigenvalue weighted by Crippen LogP contribution is -2.45. The summed E-state index contributed by atoms with van der Waals surface area (Å²) in [6.07, 6.45) is 0.940. The Balaban J connectivity index is 0.00000480. The molecule has 1 saturated heterocycles. The van der Waals surface area contributed by atoms with E-state index in [-0.39, 0.29) is 24.0 Å². The van der Waals surface area contributed by atoms with Crippen LogP contribution in [0.2, 0.25) is 0 Å². The van der Waals surface area contributed by atoms with Crippen LogP contribution in [-0.2, 0) is 22.6 Å². The number of methoxy groups -OCH3 is 1. The topological polar surface area (TPSA) is 61.4 Å². The molecule has 0 unspecified atom stereocenters. The van der Waals surface area contributed by atoms with Gasteiger partial charge in [-0.1, -0.05) is 31.2 Å². The van der Waals surface area contributed by atoms with E-state index in [1.54, 1.807) is 7.11 Å². The molecule has 0 spiro atoms. The third-order valence-electron chi connectivity index (χ3n) is 5.29. The van der Waals surface area contributed by atoms with Crippen LogP contribution in [0.1, 0.15) is 31.4 Å². The van der Waals surface area contributed by atoms with Crippen LogP contribution >= 0.6 is 24.0 Å². The maximum Gasteiger partial charge on any atom is 0.191 e. The van der Waals surface area contributed by atoms with E-state index in [0.717, 1.165) is 58.3 Å². The Bertz CT molecular complexity index is 592. The van der Waals surface area contributed by atoms with Crippen LogP contribution in [-0.4, -0.2) is 88.5 Å². The second-order valence-corrected chi connectivity index (χ2v) is 7.61. The van der Waals surface area contributed by atoms with Crippen molar-refractivity contribution in [2.45, 2.75) is 33.4 Å². The average Bonchev–Trinajstić information content (AvgIpc) is 2.78. The molecule has 7 nitrogen and oxygen atoms in total. The molecule has 1 fully saturated rings. The first-order valence-electron chi connectivity index (χ1n) is 11.4. The van der Waals surface area contributed by atoms with E-state index in [1.807, 2.05) is 0 Å². The minimum Gasteiger partial charge on any atom is -0.382 e. The van der Waals surface area contributed by atoms with E-state index in [9.17, 15) is 0 Å². The minimum absolute atomic E-state index is 0. The predicted octanol–water partition coefficient (Wildman–Crippen LogP) is 2.55. The number of guanidine groups is 1. The third kappa shape index (κ3) is 12.0. The van der Waals surface area contributed by atoms with E-state index in [4.69, 9.17) is 14.5 Å². The number of likely N-dealkylation sites (N-methyl/N-ethyl adjacent to an activating group) is 1. The maximum atomic E-state index is 5.49. The van der Waals surface area contributed by atoms with Gasteiger partial charge >= 0.3 is 0 Å². The van der Waals surface area contributed by atoms with Crippen LogP contribution in [0.5, 0.6) is 0 Å². The minimum atomic E-state index is 0. The molecule has 0 atom stereocenters. The molecule has 8 heteroatoms. The number of piperazine rings is 1. The highest BCUT2D eigenvalue weighted by Gasteiger charge is 2.15. The molecular formula is C23H42IN5O2. The molecule has 31 heavy (non-hydrogen) atoms. The monoisotopic (exact) mass is 547 g/mol. The highest BCUT2D eigenvalue weighted by Crippen LogP contribution is 2.11. The van der Waals surface area contributed by atoms with Crippen LogP contribution in [0.4, 0.5) is 0 Å². The number of nitrogens with one attached hydrogen (secondary N) is 2. The van der Waals surface area contributed by atoms with Crippen molar-refractivity contribution in [3.63, 3.8) is 0 Å². The Kier molecular flexibility index (Phi) is 15.9. The Morgan fingerprint density at radius 1 is 0.935 bits per heavy atom. The van der Waals surface area contributed by atoms with Gasteiger partial charge in [0.25, 0.3) is 0 Å². The fraction of sp³-hybridized carbons (Fsp3) is 0.696. The van der Waals surface area contributed by atoms with E-state index in [0.29, 0.717) is 19.8 Å². The molecule has 2 N–H and O–H groups in total. The number of ether oxygens (including phenoxy) is 2. The van der Waals surface area contributed by atoms with Gasteiger partial charge in [-0.15, -0.1) is 24.0 Å². The first-order valence-corrected chi connectivity index (χ1v) is 11.4. The molecule has 0 radical (unpaired) electrons. The summed E-state index contributed by atoms with van der Waals surface area (Å²) in [7, 11) is 1.69. The van der Waals surface area contributed by atoms with Gasteiger partial charge in [-0.2, -0.15) is 0 Å². The van der Waals surface area contributed by atoms with Crippen molar-refractivity contribution in [2.24, 2.45) is 4.99 Å². The van der Waals surface area contributed by atoms with Gasteiger partial charge in [0.1, 0.15) is 0 Å². The molecule has 1 aromatic carbocycles. The normalized spacial score (nSPS) is 15.5. The highest BCUT2D eigenvalue weighted by atomic mass is 127. The summed E-state index contributed by atoms with van der Waals surface area (Å²) in [5, 5.41) is 6.68. The van der Waals surface area contributed by atoms with Crippen LogP contribution in [0.15, 0.2) is 29.3 Å². The standard InChI is InChI=1S/C23H41N5O2.HI/c1-4-24-23(25-11-6-16-30-18-17-29-3)26-19-21-7-9-22(10-8-21)20-28-14-12-27(5-2)13-15-28;/h7-10H,4-6,11-20H2,1-3H3,(H2,24,25,26);1H. The predicted molar refractivity (Wildman–Crippen MR) is 139 cm³/mol. The molecule has 0 saturated carbocycles. The van der Waals surface area contributed by atoms with Crippen molar-refractivity contribution in [3.05, 3.63) is 35.4 Å². The lowest BCUT2D eigenvalue weighted by Gasteiger charge is -2.34. The molecule has 2 rings (SSSR count). The van der Waals surface area contributed by atoms with Crippen molar-refractivity contribution in [3.8, 4) is 0 Å². The molecular weight excluding hydrogens is 505 g/mol. The van der Waals surface area contributed by atoms with E-state index in [1.165, 1.54) is 24.2 Å². The first-order chi connectivity index (χ1) is 14.7. The molecule has 0 bridgehead atoms. The first kappa shape index (κ1) is 28.1. The summed E-state index contributed by atoms with van der Waals surface area (Å²) < 4.78 is 10.5. The number of nitrogens with zero attached hydrogens (tertiary/aromatic N) is 3. The van der Waals surface area contributed by atoms with Gasteiger partial charge in [0.05, 0.1) is 19.8 Å². The zero-order valence-corrected chi connectivity index (χ0v) is 21.9. The lowest BCUT2D eigenvalue weighted by molar-refractivity contribution is 0.0698. The van der Waals surface area contributed by atoms with Crippen molar-refractivity contribution < 1.29 is 9.47 Å². The number of halogens is 1. The van der Waals surface area contributed by atoms with E-state index in [2.05, 4.69) is 58.5 Å². The molecule has 1 aliphatic heterocycles. The SMILES string of the molecule is CCNC(=NCc1ccc(CN2CCN(CC)CC2)cc1)NCCCOCCOC.I. The van der Waals surface area contributed by atoms with E-state index >= 15 is 0 Å². The van der Waals surface area contributed by atoms with Gasteiger partial charge < -0.3 is 25.0 Å². The second kappa shape index (κ2) is 17.6. The second-order valence-electron chi connectivity index (χ2n) is 7.61. The van der Waals surface area contributed by atoms with Crippen molar-refractivity contribution >= 4 is 29.9 Å². The van der Waals surface area contributed by atoms with Crippen molar-refractivity contribution in [1.82, 2.24) is 20.4 Å². The number of hydrogen-bond acceptors (Lipinski definition) is 5. The number of benzene rings is 1. The van der Waals surface area contributed by atoms with Crippen LogP contribution in [0.25, 0.3) is 0 Å². The Morgan fingerprint density at radius 3 is 2.26 bits per heavy atom. The van der Waals surface area contributed by atoms with Gasteiger partial charge in [-0.3, -0.25) is 4.90 Å². The Morgan fingerprint density at radius 2 is 1.61 bits per heavy atom. The van der Waals surface area contributed by atoms with Gasteiger partial charge in [0.15, 0.2) is 5.96 Å². The highest BCUT2D eigenvalue weighted by molar-refractivity contribution is 14.0. The zero-order valence-electron chi connectivity index (χ0n) is 19.6. The molecule has 1 heterocycles. The van der Waals surface area contributed by atoms with Crippen LogP contribution in [0.3, 0.4) is 0 Å². The fourth-order valence-electron chi connectivity index (χ4n) is 3.41. The Hall–Kier alpha value is -0.940. The number of hydrogen-bond donors (Lipinski definition) is 2. The summed E-state index contributed by atoms with van der Waals surface area (Å²) in [5.41, 5.74) is 2.61. The summed E-state index contributed by atoms with van der Waals surface area (Å²) in [6.45, 7) is 15.6. The molecule has 1 aromatic rings. The molecule has 0 aliphatic carbocycles. The van der Waals surface area contributed by atoms with E-state index < -0.39 is 0 Å². The van der Waals surface area contributed by atoms with Gasteiger partial charge in [-0.05, 0) is 31.0 Å². The lowest BCUT2D eigenvalue weighted by atomic mass is 10.1. The average molecular weight is 548 g/mol. The molecule has 1 aliphatic rings. The summed E-state index contributed by atoms with van der Waals surface area (Å²) in [6, 6.07) is 8.90. The molecule has 178 valence electrons. The third-order valence-corrected chi connectivity index (χ3v) is 5.29. The molecule has 0 aromatic heterocycles. The molecule has 0 amide bonds. The Labute approximate surface area is 206 Å². The summed E-state index contributed by atoms with van der Waals surface area (Å²) in [5.74, 6) is 0.854. The van der Waals surface area contributed by atoms with Gasteiger partial charge in [0.2, 0.25) is 0 Å². The number of aliphatic imine (C=N–C) groups is 1. The summed E-state index contributed by atoms with van der Waals surface area (Å²) in [4.78, 5) is 9.77. The van der Waals surface area contributed by atoms with Crippen LogP contribution < -0.4 is 10.6 Å². The van der Waals surface area contributed by atoms with Crippen LogP contribution in [0, 0.1) is 0 Å². The van der Waals surface area contributed by atoms with Gasteiger partial charge in [0, 0.05) is 59.5 Å². The fourth-order valence-corrected chi connectivity index (χ4v) is 3.41. The maximum absolute atomic E-state index is 5.49. The van der Waals surface area contributed by atoms with Gasteiger partial charge in [-0.25, -0.2) is 4.99 Å². The summed E-state index contributed by atoms with van der Waals surface area (Å²) >= 11 is 0. The quantitative estimate of drug-likeness (QED) is 0.171. The number of rotatable bonds is 13. The smallest absolute Gasteiger partial charge is 0.191 e. The van der Waals surface area contributed by atoms with Crippen molar-refractivity contribution in [2.75, 3.05) is 72.7 Å². The zero-order chi connectivity index (χ0) is 21.4.